The summed E-state index contributed by atoms with van der Waals surface area (Å²) in [6.07, 6.45) is 4.98. The first kappa shape index (κ1) is 12.6. The van der Waals surface area contributed by atoms with Crippen molar-refractivity contribution in [3.63, 3.8) is 0 Å². The van der Waals surface area contributed by atoms with E-state index in [4.69, 9.17) is 11.6 Å². The Morgan fingerprint density at radius 3 is 2.33 bits per heavy atom. The molecule has 1 saturated carbocycles. The molecule has 1 saturated heterocycles. The van der Waals surface area contributed by atoms with Gasteiger partial charge in [0.05, 0.1) is 23.1 Å². The number of carbonyl (C=O) groups is 2. The van der Waals surface area contributed by atoms with E-state index in [0.29, 0.717) is 16.3 Å². The molecule has 2 fully saturated rings. The maximum absolute atomic E-state index is 12.7. The molecule has 0 spiro atoms. The van der Waals surface area contributed by atoms with Gasteiger partial charge in [-0.15, -0.1) is 0 Å². The summed E-state index contributed by atoms with van der Waals surface area (Å²) in [6.45, 7) is 0. The van der Waals surface area contributed by atoms with Gasteiger partial charge in [-0.05, 0) is 36.5 Å². The second-order valence-electron chi connectivity index (χ2n) is 5.79. The molecule has 4 rings (SSSR count). The quantitative estimate of drug-likeness (QED) is 0.591. The molecule has 5 heteroatoms. The summed E-state index contributed by atoms with van der Waals surface area (Å²) in [7, 11) is 0. The third-order valence-corrected chi connectivity index (χ3v) is 5.03. The predicted octanol–water partition coefficient (Wildman–Crippen LogP) is 2.52. The molecular formula is C16H11ClN2O2. The summed E-state index contributed by atoms with van der Waals surface area (Å²) < 4.78 is 0. The molecular weight excluding hydrogens is 288 g/mol. The predicted molar refractivity (Wildman–Crippen MR) is 76.4 cm³/mol. The number of rotatable bonds is 1. The van der Waals surface area contributed by atoms with E-state index in [1.54, 1.807) is 12.1 Å². The second-order valence-corrected chi connectivity index (χ2v) is 6.22. The number of fused-ring (bicyclic) bond motifs is 5. The average molecular weight is 299 g/mol. The highest BCUT2D eigenvalue weighted by Crippen LogP contribution is 2.53. The number of nitrogens with zero attached hydrogens (tertiary/aromatic N) is 2. The standard InChI is InChI=1S/C16H11ClN2O2/c17-11-4-3-10(7-18)12(6-11)19-15(20)13-8-1-2-9(5-8)14(13)16(19)21/h1-4,6,8-9,13-14H,5H2/t8-,9-,13-,14-/m0/s1. The van der Waals surface area contributed by atoms with Crippen LogP contribution in [0.2, 0.25) is 5.02 Å². The zero-order valence-corrected chi connectivity index (χ0v) is 11.7. The van der Waals surface area contributed by atoms with Crippen LogP contribution in [0.15, 0.2) is 30.4 Å². The van der Waals surface area contributed by atoms with Crippen molar-refractivity contribution >= 4 is 29.1 Å². The Morgan fingerprint density at radius 1 is 1.14 bits per heavy atom. The van der Waals surface area contributed by atoms with E-state index >= 15 is 0 Å². The molecule has 4 atom stereocenters. The van der Waals surface area contributed by atoms with Gasteiger partial charge in [0.1, 0.15) is 6.07 Å². The van der Waals surface area contributed by atoms with Crippen molar-refractivity contribution in [1.29, 1.82) is 5.26 Å². The van der Waals surface area contributed by atoms with Gasteiger partial charge in [-0.1, -0.05) is 23.8 Å². The fourth-order valence-electron chi connectivity index (χ4n) is 3.92. The molecule has 2 aliphatic carbocycles. The molecule has 2 bridgehead atoms. The summed E-state index contributed by atoms with van der Waals surface area (Å²) in [6, 6.07) is 6.67. The van der Waals surface area contributed by atoms with E-state index in [2.05, 4.69) is 0 Å². The molecule has 4 nitrogen and oxygen atoms in total. The van der Waals surface area contributed by atoms with Crippen molar-refractivity contribution in [2.75, 3.05) is 4.90 Å². The monoisotopic (exact) mass is 298 g/mol. The van der Waals surface area contributed by atoms with Crippen LogP contribution in [0.1, 0.15) is 12.0 Å². The lowest BCUT2D eigenvalue weighted by molar-refractivity contribution is -0.123. The molecule has 1 aliphatic heterocycles. The van der Waals surface area contributed by atoms with E-state index < -0.39 is 0 Å². The van der Waals surface area contributed by atoms with Gasteiger partial charge in [0.15, 0.2) is 0 Å². The lowest BCUT2D eigenvalue weighted by Gasteiger charge is -2.18. The number of benzene rings is 1. The highest BCUT2D eigenvalue weighted by molar-refractivity contribution is 6.31. The number of hydrogen-bond donors (Lipinski definition) is 0. The maximum Gasteiger partial charge on any atom is 0.238 e. The van der Waals surface area contributed by atoms with Crippen molar-refractivity contribution in [3.05, 3.63) is 40.9 Å². The summed E-state index contributed by atoms with van der Waals surface area (Å²) in [5, 5.41) is 9.61. The highest BCUT2D eigenvalue weighted by atomic mass is 35.5. The van der Waals surface area contributed by atoms with E-state index in [1.165, 1.54) is 11.0 Å². The van der Waals surface area contributed by atoms with Gasteiger partial charge < -0.3 is 0 Å². The van der Waals surface area contributed by atoms with Crippen molar-refractivity contribution in [3.8, 4) is 6.07 Å². The molecule has 104 valence electrons. The normalized spacial score (nSPS) is 32.7. The molecule has 0 radical (unpaired) electrons. The van der Waals surface area contributed by atoms with Crippen molar-refractivity contribution < 1.29 is 9.59 Å². The van der Waals surface area contributed by atoms with Gasteiger partial charge in [0.2, 0.25) is 11.8 Å². The molecule has 0 unspecified atom stereocenters. The largest absolute Gasteiger partial charge is 0.274 e. The maximum atomic E-state index is 12.7. The number of allylic oxidation sites excluding steroid dienone is 2. The first-order chi connectivity index (χ1) is 10.1. The topological polar surface area (TPSA) is 61.2 Å². The van der Waals surface area contributed by atoms with E-state index in [0.717, 1.165) is 6.42 Å². The average Bonchev–Trinajstić information content (AvgIpc) is 3.13. The van der Waals surface area contributed by atoms with Crippen LogP contribution < -0.4 is 4.90 Å². The van der Waals surface area contributed by atoms with Crippen LogP contribution in [0.3, 0.4) is 0 Å². The van der Waals surface area contributed by atoms with Gasteiger partial charge >= 0.3 is 0 Å². The first-order valence-electron chi connectivity index (χ1n) is 6.87. The molecule has 2 amide bonds. The minimum absolute atomic E-state index is 0.158. The van der Waals surface area contributed by atoms with Crippen LogP contribution in [-0.4, -0.2) is 11.8 Å². The van der Waals surface area contributed by atoms with Gasteiger partial charge in [-0.3, -0.25) is 9.59 Å². The van der Waals surface area contributed by atoms with Crippen LogP contribution in [0.5, 0.6) is 0 Å². The Kier molecular flexibility index (Phi) is 2.51. The molecule has 1 aromatic rings. The number of amides is 2. The van der Waals surface area contributed by atoms with Crippen molar-refractivity contribution in [2.45, 2.75) is 6.42 Å². The van der Waals surface area contributed by atoms with E-state index in [-0.39, 0.29) is 35.5 Å². The molecule has 0 N–H and O–H groups in total. The zero-order chi connectivity index (χ0) is 14.7. The highest BCUT2D eigenvalue weighted by Gasteiger charge is 2.59. The number of nitriles is 1. The summed E-state index contributed by atoms with van der Waals surface area (Å²) >= 11 is 5.97. The first-order valence-corrected chi connectivity index (χ1v) is 7.25. The Morgan fingerprint density at radius 2 is 1.76 bits per heavy atom. The number of imide groups is 1. The number of anilines is 1. The Labute approximate surface area is 126 Å². The lowest BCUT2D eigenvalue weighted by Crippen LogP contribution is -2.33. The second kappa shape index (κ2) is 4.19. The third-order valence-electron chi connectivity index (χ3n) is 4.79. The van der Waals surface area contributed by atoms with E-state index in [1.807, 2.05) is 18.2 Å². The molecule has 1 heterocycles. The van der Waals surface area contributed by atoms with Crippen molar-refractivity contribution in [2.24, 2.45) is 23.7 Å². The summed E-state index contributed by atoms with van der Waals surface area (Å²) in [5.74, 6) is -0.602. The third kappa shape index (κ3) is 1.55. The Bertz CT molecular complexity index is 719. The fourth-order valence-corrected chi connectivity index (χ4v) is 4.09. The Balaban J connectivity index is 1.82. The lowest BCUT2D eigenvalue weighted by atomic mass is 9.85. The minimum Gasteiger partial charge on any atom is -0.274 e. The van der Waals surface area contributed by atoms with Gasteiger partial charge in [-0.25, -0.2) is 4.90 Å². The van der Waals surface area contributed by atoms with Crippen LogP contribution >= 0.6 is 11.6 Å². The van der Waals surface area contributed by atoms with E-state index in [9.17, 15) is 14.9 Å². The number of halogens is 1. The molecule has 3 aliphatic rings. The fraction of sp³-hybridized carbons (Fsp3) is 0.312. The zero-order valence-electron chi connectivity index (χ0n) is 11.0. The van der Waals surface area contributed by atoms with Crippen LogP contribution in [0, 0.1) is 35.0 Å². The SMILES string of the molecule is N#Cc1ccc(Cl)cc1N1C(=O)[C@@H]2[C@@H](C1=O)[C@H]1C=C[C@H]2C1. The molecule has 0 aromatic heterocycles. The van der Waals surface area contributed by atoms with Crippen LogP contribution in [-0.2, 0) is 9.59 Å². The number of carbonyl (C=O) groups excluding carboxylic acids is 2. The Hall–Kier alpha value is -2.12. The van der Waals surface area contributed by atoms with Crippen molar-refractivity contribution in [1.82, 2.24) is 0 Å². The summed E-state index contributed by atoms with van der Waals surface area (Å²) in [5.41, 5.74) is 0.607. The number of hydrogen-bond acceptors (Lipinski definition) is 3. The smallest absolute Gasteiger partial charge is 0.238 e. The van der Waals surface area contributed by atoms with Crippen LogP contribution in [0.25, 0.3) is 0 Å². The van der Waals surface area contributed by atoms with Gasteiger partial charge in [0, 0.05) is 5.02 Å². The summed E-state index contributed by atoms with van der Waals surface area (Å²) in [4.78, 5) is 26.5. The molecule has 21 heavy (non-hydrogen) atoms. The minimum atomic E-state index is -0.266. The molecule has 1 aromatic carbocycles. The van der Waals surface area contributed by atoms with Gasteiger partial charge in [0.25, 0.3) is 0 Å². The van der Waals surface area contributed by atoms with Crippen LogP contribution in [0.4, 0.5) is 5.69 Å². The van der Waals surface area contributed by atoms with Gasteiger partial charge in [-0.2, -0.15) is 5.26 Å².